The van der Waals surface area contributed by atoms with Gasteiger partial charge in [-0.2, -0.15) is 0 Å². The number of nitro benzene ring substituents is 1. The predicted molar refractivity (Wildman–Crippen MR) is 117 cm³/mol. The van der Waals surface area contributed by atoms with Crippen LogP contribution in [-0.2, 0) is 14.8 Å². The standard InChI is InChI=1S/C22H21N3O5S/c1-17(18-8-4-2-5-9-18)23-22(26)16-24(19-12-14-20(15-13-19)25(27)28)31(29,30)21-10-6-3-7-11-21/h2-15,17H,16H2,1H3,(H,23,26). The molecule has 0 bridgehead atoms. The molecule has 8 nitrogen and oxygen atoms in total. The average Bonchev–Trinajstić information content (AvgIpc) is 2.78. The summed E-state index contributed by atoms with van der Waals surface area (Å²) in [6.45, 7) is 1.32. The number of sulfonamides is 1. The SMILES string of the molecule is CC(NC(=O)CN(c1ccc([N+](=O)[O-])cc1)S(=O)(=O)c1ccccc1)c1ccccc1. The van der Waals surface area contributed by atoms with Gasteiger partial charge < -0.3 is 5.32 Å². The lowest BCUT2D eigenvalue weighted by molar-refractivity contribution is -0.384. The molecule has 31 heavy (non-hydrogen) atoms. The largest absolute Gasteiger partial charge is 0.348 e. The van der Waals surface area contributed by atoms with Gasteiger partial charge >= 0.3 is 0 Å². The van der Waals surface area contributed by atoms with E-state index in [1.165, 1.54) is 36.4 Å². The van der Waals surface area contributed by atoms with Crippen LogP contribution in [0.25, 0.3) is 0 Å². The highest BCUT2D eigenvalue weighted by Gasteiger charge is 2.28. The van der Waals surface area contributed by atoms with Gasteiger partial charge in [-0.25, -0.2) is 8.42 Å². The molecule has 0 radical (unpaired) electrons. The monoisotopic (exact) mass is 439 g/mol. The van der Waals surface area contributed by atoms with Gasteiger partial charge in [0.25, 0.3) is 15.7 Å². The average molecular weight is 439 g/mol. The van der Waals surface area contributed by atoms with Crippen molar-refractivity contribution in [2.75, 3.05) is 10.8 Å². The van der Waals surface area contributed by atoms with Crippen LogP contribution in [-0.4, -0.2) is 25.8 Å². The Hall–Kier alpha value is -3.72. The summed E-state index contributed by atoms with van der Waals surface area (Å²) in [6.07, 6.45) is 0. The highest BCUT2D eigenvalue weighted by Crippen LogP contribution is 2.26. The minimum Gasteiger partial charge on any atom is -0.348 e. The van der Waals surface area contributed by atoms with E-state index in [1.54, 1.807) is 25.1 Å². The quantitative estimate of drug-likeness (QED) is 0.425. The lowest BCUT2D eigenvalue weighted by Crippen LogP contribution is -2.41. The van der Waals surface area contributed by atoms with Crippen LogP contribution in [0.1, 0.15) is 18.5 Å². The third-order valence-corrected chi connectivity index (χ3v) is 6.43. The molecule has 0 spiro atoms. The molecule has 0 aromatic heterocycles. The summed E-state index contributed by atoms with van der Waals surface area (Å²) in [5, 5.41) is 13.7. The summed E-state index contributed by atoms with van der Waals surface area (Å²) >= 11 is 0. The molecule has 1 N–H and O–H groups in total. The van der Waals surface area contributed by atoms with Crippen LogP contribution in [0.15, 0.2) is 89.8 Å². The summed E-state index contributed by atoms with van der Waals surface area (Å²) in [5.74, 6) is -0.505. The number of amides is 1. The molecule has 0 heterocycles. The van der Waals surface area contributed by atoms with E-state index in [1.807, 2.05) is 30.3 Å². The first-order valence-corrected chi connectivity index (χ1v) is 10.9. The number of non-ortho nitro benzene ring substituents is 1. The van der Waals surface area contributed by atoms with Gasteiger partial charge in [-0.15, -0.1) is 0 Å². The Bertz CT molecular complexity index is 1150. The molecule has 1 amide bonds. The summed E-state index contributed by atoms with van der Waals surface area (Å²) < 4.78 is 27.5. The van der Waals surface area contributed by atoms with Gasteiger partial charge in [0.1, 0.15) is 6.54 Å². The molecule has 1 atom stereocenters. The molecular weight excluding hydrogens is 418 g/mol. The molecule has 0 saturated carbocycles. The number of benzene rings is 3. The van der Waals surface area contributed by atoms with Gasteiger partial charge in [0.2, 0.25) is 5.91 Å². The molecule has 3 rings (SSSR count). The molecule has 0 saturated heterocycles. The number of nitrogens with zero attached hydrogens (tertiary/aromatic N) is 2. The van der Waals surface area contributed by atoms with E-state index < -0.39 is 27.4 Å². The molecule has 0 fully saturated rings. The van der Waals surface area contributed by atoms with Crippen LogP contribution in [0.5, 0.6) is 0 Å². The maximum Gasteiger partial charge on any atom is 0.269 e. The van der Waals surface area contributed by atoms with E-state index in [4.69, 9.17) is 0 Å². The fourth-order valence-electron chi connectivity index (χ4n) is 3.02. The Morgan fingerprint density at radius 1 is 0.968 bits per heavy atom. The van der Waals surface area contributed by atoms with E-state index in [-0.39, 0.29) is 22.3 Å². The molecule has 0 aliphatic rings. The molecule has 1 unspecified atom stereocenters. The smallest absolute Gasteiger partial charge is 0.269 e. The Morgan fingerprint density at radius 2 is 1.52 bits per heavy atom. The second-order valence-electron chi connectivity index (χ2n) is 6.80. The second kappa shape index (κ2) is 9.40. The van der Waals surface area contributed by atoms with Crippen molar-refractivity contribution >= 4 is 27.3 Å². The summed E-state index contributed by atoms with van der Waals surface area (Å²) in [6, 6.07) is 21.7. The van der Waals surface area contributed by atoms with Gasteiger partial charge in [0, 0.05) is 12.1 Å². The molecule has 3 aromatic carbocycles. The Morgan fingerprint density at radius 3 is 2.06 bits per heavy atom. The summed E-state index contributed by atoms with van der Waals surface area (Å²) in [5.41, 5.74) is 0.851. The molecule has 160 valence electrons. The highest BCUT2D eigenvalue weighted by molar-refractivity contribution is 7.92. The van der Waals surface area contributed by atoms with Crippen molar-refractivity contribution in [3.05, 3.63) is 101 Å². The fraction of sp³-hybridized carbons (Fsp3) is 0.136. The number of hydrogen-bond donors (Lipinski definition) is 1. The maximum atomic E-state index is 13.3. The van der Waals surface area contributed by atoms with Crippen molar-refractivity contribution in [1.82, 2.24) is 5.32 Å². The lowest BCUT2D eigenvalue weighted by Gasteiger charge is -2.25. The zero-order valence-electron chi connectivity index (χ0n) is 16.7. The summed E-state index contributed by atoms with van der Waals surface area (Å²) in [4.78, 5) is 23.1. The van der Waals surface area contributed by atoms with Crippen LogP contribution in [0, 0.1) is 10.1 Å². The van der Waals surface area contributed by atoms with Crippen molar-refractivity contribution in [2.45, 2.75) is 17.9 Å². The first kappa shape index (κ1) is 22.0. The van der Waals surface area contributed by atoms with E-state index in [2.05, 4.69) is 5.32 Å². The summed E-state index contributed by atoms with van der Waals surface area (Å²) in [7, 11) is -4.08. The molecule has 3 aromatic rings. The minimum atomic E-state index is -4.08. The van der Waals surface area contributed by atoms with Crippen molar-refractivity contribution in [3.8, 4) is 0 Å². The Labute approximate surface area is 180 Å². The van der Waals surface area contributed by atoms with Crippen molar-refractivity contribution in [1.29, 1.82) is 0 Å². The first-order valence-electron chi connectivity index (χ1n) is 9.45. The molecule has 0 aliphatic carbocycles. The van der Waals surface area contributed by atoms with E-state index in [0.717, 1.165) is 9.87 Å². The Balaban J connectivity index is 1.90. The number of carbonyl (C=O) groups excluding carboxylic acids is 1. The number of nitro groups is 1. The second-order valence-corrected chi connectivity index (χ2v) is 8.66. The van der Waals surface area contributed by atoms with Crippen LogP contribution in [0.4, 0.5) is 11.4 Å². The van der Waals surface area contributed by atoms with Crippen LogP contribution >= 0.6 is 0 Å². The van der Waals surface area contributed by atoms with E-state index >= 15 is 0 Å². The third kappa shape index (κ3) is 5.26. The lowest BCUT2D eigenvalue weighted by atomic mass is 10.1. The van der Waals surface area contributed by atoms with Gasteiger partial charge in [0.05, 0.1) is 21.5 Å². The van der Waals surface area contributed by atoms with Gasteiger partial charge in [0.15, 0.2) is 0 Å². The zero-order valence-corrected chi connectivity index (χ0v) is 17.5. The molecule has 9 heteroatoms. The molecule has 0 aliphatic heterocycles. The topological polar surface area (TPSA) is 110 Å². The van der Waals surface area contributed by atoms with Gasteiger partial charge in [-0.1, -0.05) is 48.5 Å². The van der Waals surface area contributed by atoms with Crippen molar-refractivity contribution < 1.29 is 18.1 Å². The van der Waals surface area contributed by atoms with Crippen molar-refractivity contribution in [3.63, 3.8) is 0 Å². The van der Waals surface area contributed by atoms with Crippen LogP contribution in [0.3, 0.4) is 0 Å². The maximum absolute atomic E-state index is 13.3. The number of rotatable bonds is 8. The van der Waals surface area contributed by atoms with Crippen LogP contribution in [0.2, 0.25) is 0 Å². The fourth-order valence-corrected chi connectivity index (χ4v) is 4.46. The first-order chi connectivity index (χ1) is 14.8. The van der Waals surface area contributed by atoms with E-state index in [9.17, 15) is 23.3 Å². The zero-order chi connectivity index (χ0) is 22.4. The normalized spacial score (nSPS) is 12.0. The number of anilines is 1. The minimum absolute atomic E-state index is 0.0114. The molecular formula is C22H21N3O5S. The van der Waals surface area contributed by atoms with Gasteiger partial charge in [-0.3, -0.25) is 19.2 Å². The van der Waals surface area contributed by atoms with E-state index in [0.29, 0.717) is 0 Å². The number of carbonyl (C=O) groups is 1. The van der Waals surface area contributed by atoms with Crippen LogP contribution < -0.4 is 9.62 Å². The third-order valence-electron chi connectivity index (χ3n) is 4.64. The number of nitrogens with one attached hydrogen (secondary N) is 1. The van der Waals surface area contributed by atoms with Crippen molar-refractivity contribution in [2.24, 2.45) is 0 Å². The highest BCUT2D eigenvalue weighted by atomic mass is 32.2. The predicted octanol–water partition coefficient (Wildman–Crippen LogP) is 3.67. The van der Waals surface area contributed by atoms with Gasteiger partial charge in [-0.05, 0) is 36.8 Å². The number of hydrogen-bond acceptors (Lipinski definition) is 5. The Kier molecular flexibility index (Phi) is 6.66.